The molecule has 6 atom stereocenters. The second kappa shape index (κ2) is 51.4. The van der Waals surface area contributed by atoms with E-state index in [2.05, 4.69) is 69.4 Å². The number of allylic oxidation sites excluding steroid dienone is 8. The van der Waals surface area contributed by atoms with Gasteiger partial charge in [0.05, 0.1) is 6.61 Å². The maximum Gasteiger partial charge on any atom is 0.335 e. The van der Waals surface area contributed by atoms with E-state index < -0.39 is 67.3 Å². The quantitative estimate of drug-likeness (QED) is 0.0228. The van der Waals surface area contributed by atoms with Gasteiger partial charge in [0, 0.05) is 19.3 Å². The van der Waals surface area contributed by atoms with Crippen molar-refractivity contribution >= 4 is 23.9 Å². The zero-order chi connectivity index (χ0) is 54.7. The third-order valence-electron chi connectivity index (χ3n) is 13.9. The van der Waals surface area contributed by atoms with E-state index in [0.717, 1.165) is 89.9 Å². The van der Waals surface area contributed by atoms with Crippen molar-refractivity contribution < 1.29 is 58.2 Å². The smallest absolute Gasteiger partial charge is 0.335 e. The third kappa shape index (κ3) is 41.5. The SMILES string of the molecule is CC/C=C\C/C=C\C/C=C\C/C=C\CCCCCCC(=O)OCC(COC1OC(C(=O)O)C(O)C(O)C1OC(=O)CCCCCCCCCCCCCCCCCCCCC)OC(=O)CCCCCCCCCCC. The molecule has 0 aromatic rings. The Morgan fingerprint density at radius 1 is 0.453 bits per heavy atom. The van der Waals surface area contributed by atoms with Gasteiger partial charge in [-0.15, -0.1) is 0 Å². The molecule has 1 rings (SSSR count). The molecule has 75 heavy (non-hydrogen) atoms. The number of esters is 3. The summed E-state index contributed by atoms with van der Waals surface area (Å²) in [5, 5.41) is 31.5. The molecule has 0 aromatic heterocycles. The van der Waals surface area contributed by atoms with E-state index in [1.807, 2.05) is 0 Å². The highest BCUT2D eigenvalue weighted by molar-refractivity contribution is 5.74. The number of ether oxygens (including phenoxy) is 5. The summed E-state index contributed by atoms with van der Waals surface area (Å²) in [6, 6.07) is 0. The van der Waals surface area contributed by atoms with E-state index in [1.165, 1.54) is 128 Å². The van der Waals surface area contributed by atoms with Gasteiger partial charge in [-0.25, -0.2) is 4.79 Å². The van der Waals surface area contributed by atoms with Crippen molar-refractivity contribution in [2.24, 2.45) is 0 Å². The van der Waals surface area contributed by atoms with Crippen LogP contribution in [0.25, 0.3) is 0 Å². The molecule has 1 heterocycles. The van der Waals surface area contributed by atoms with E-state index in [0.29, 0.717) is 19.3 Å². The highest BCUT2D eigenvalue weighted by atomic mass is 16.7. The summed E-state index contributed by atoms with van der Waals surface area (Å²) in [7, 11) is 0. The third-order valence-corrected chi connectivity index (χ3v) is 13.9. The Morgan fingerprint density at radius 3 is 1.28 bits per heavy atom. The first-order valence-electron chi connectivity index (χ1n) is 30.6. The molecule has 1 saturated heterocycles. The zero-order valence-corrected chi connectivity index (χ0v) is 47.8. The average molecular weight is 1060 g/mol. The first-order valence-corrected chi connectivity index (χ1v) is 30.6. The molecule has 0 aromatic carbocycles. The van der Waals surface area contributed by atoms with Gasteiger partial charge in [0.15, 0.2) is 24.6 Å². The summed E-state index contributed by atoms with van der Waals surface area (Å²) in [4.78, 5) is 51.1. The number of carboxylic acids is 1. The van der Waals surface area contributed by atoms with Crippen molar-refractivity contribution in [3.8, 4) is 0 Å². The van der Waals surface area contributed by atoms with Gasteiger partial charge < -0.3 is 39.0 Å². The maximum atomic E-state index is 13.1. The number of carbonyl (C=O) groups is 4. The molecule has 1 fully saturated rings. The van der Waals surface area contributed by atoms with Crippen molar-refractivity contribution in [1.29, 1.82) is 0 Å². The van der Waals surface area contributed by atoms with E-state index >= 15 is 0 Å². The van der Waals surface area contributed by atoms with Crippen LogP contribution in [0.3, 0.4) is 0 Å². The normalized spacial score (nSPS) is 18.4. The fourth-order valence-corrected chi connectivity index (χ4v) is 9.24. The Hall–Kier alpha value is -3.32. The van der Waals surface area contributed by atoms with Gasteiger partial charge >= 0.3 is 23.9 Å². The lowest BCUT2D eigenvalue weighted by Gasteiger charge is -2.40. The Labute approximate surface area is 456 Å². The largest absolute Gasteiger partial charge is 0.479 e. The summed E-state index contributed by atoms with van der Waals surface area (Å²) in [5.74, 6) is -3.13. The summed E-state index contributed by atoms with van der Waals surface area (Å²) < 4.78 is 28.4. The van der Waals surface area contributed by atoms with Crippen LogP contribution in [0.15, 0.2) is 48.6 Å². The number of carbonyl (C=O) groups excluding carboxylic acids is 3. The maximum absolute atomic E-state index is 13.1. The van der Waals surface area contributed by atoms with E-state index in [9.17, 15) is 34.5 Å². The first kappa shape index (κ1) is 69.7. The number of aliphatic carboxylic acids is 1. The number of rotatable bonds is 52. The second-order valence-corrected chi connectivity index (χ2v) is 21.0. The minimum absolute atomic E-state index is 0.0631. The molecule has 0 bridgehead atoms. The van der Waals surface area contributed by atoms with Crippen molar-refractivity contribution in [3.63, 3.8) is 0 Å². The lowest BCUT2D eigenvalue weighted by molar-refractivity contribution is -0.301. The van der Waals surface area contributed by atoms with Gasteiger partial charge in [0.2, 0.25) is 0 Å². The molecule has 1 aliphatic heterocycles. The Morgan fingerprint density at radius 2 is 0.840 bits per heavy atom. The number of carboxylic acid groups (broad SMARTS) is 1. The van der Waals surface area contributed by atoms with Crippen LogP contribution < -0.4 is 0 Å². The molecule has 6 unspecified atom stereocenters. The van der Waals surface area contributed by atoms with Crippen molar-refractivity contribution in [2.45, 2.75) is 314 Å². The molecule has 0 aliphatic carbocycles. The standard InChI is InChI=1S/C63H110O12/c1-4-7-10-13-16-19-21-23-25-27-28-30-32-34-36-39-42-45-48-51-57(66)74-61-59(68)58(67)60(62(69)70)75-63(61)72-53-54(73-56(65)50-47-44-41-37-18-15-12-9-6-3)52-71-55(64)49-46-43-40-38-35-33-31-29-26-24-22-20-17-14-11-8-5-2/h8,11,17,20,24,26,31,33,54,58-61,63,67-68H,4-7,9-10,12-16,18-19,21-23,25,27-30,32,34-53H2,1-3H3,(H,69,70)/b11-8-,20-17-,26-24-,33-31-. The highest BCUT2D eigenvalue weighted by Crippen LogP contribution is 2.27. The van der Waals surface area contributed by atoms with Gasteiger partial charge in [-0.1, -0.05) is 249 Å². The number of aliphatic hydroxyl groups excluding tert-OH is 2. The van der Waals surface area contributed by atoms with Crippen LogP contribution in [0.5, 0.6) is 0 Å². The molecular formula is C63H110O12. The number of hydrogen-bond acceptors (Lipinski definition) is 11. The van der Waals surface area contributed by atoms with Gasteiger partial charge in [-0.3, -0.25) is 14.4 Å². The Bertz CT molecular complexity index is 1490. The van der Waals surface area contributed by atoms with Crippen molar-refractivity contribution in [2.75, 3.05) is 13.2 Å². The summed E-state index contributed by atoms with van der Waals surface area (Å²) in [5.41, 5.74) is 0. The minimum atomic E-state index is -1.90. The lowest BCUT2D eigenvalue weighted by atomic mass is 9.98. The van der Waals surface area contributed by atoms with E-state index in [4.69, 9.17) is 23.7 Å². The van der Waals surface area contributed by atoms with Crippen LogP contribution >= 0.6 is 0 Å². The van der Waals surface area contributed by atoms with Gasteiger partial charge in [-0.05, 0) is 57.8 Å². The minimum Gasteiger partial charge on any atom is -0.479 e. The molecule has 0 spiro atoms. The second-order valence-electron chi connectivity index (χ2n) is 21.0. The molecule has 12 nitrogen and oxygen atoms in total. The molecule has 3 N–H and O–H groups in total. The van der Waals surface area contributed by atoms with Crippen molar-refractivity contribution in [3.05, 3.63) is 48.6 Å². The van der Waals surface area contributed by atoms with Crippen LogP contribution in [0.4, 0.5) is 0 Å². The van der Waals surface area contributed by atoms with Crippen LogP contribution in [0.2, 0.25) is 0 Å². The van der Waals surface area contributed by atoms with E-state index in [1.54, 1.807) is 0 Å². The molecule has 0 amide bonds. The van der Waals surface area contributed by atoms with Crippen LogP contribution in [0.1, 0.15) is 278 Å². The zero-order valence-electron chi connectivity index (χ0n) is 47.8. The average Bonchev–Trinajstić information content (AvgIpc) is 3.39. The molecule has 1 aliphatic rings. The molecule has 0 radical (unpaired) electrons. The summed E-state index contributed by atoms with van der Waals surface area (Å²) in [6.07, 6.45) is 49.5. The Kier molecular flexibility index (Phi) is 47.8. The van der Waals surface area contributed by atoms with Crippen LogP contribution in [-0.2, 0) is 42.9 Å². The Balaban J connectivity index is 2.61. The number of unbranched alkanes of at least 4 members (excludes halogenated alkanes) is 30. The highest BCUT2D eigenvalue weighted by Gasteiger charge is 2.50. The predicted molar refractivity (Wildman–Crippen MR) is 303 cm³/mol. The van der Waals surface area contributed by atoms with Gasteiger partial charge in [0.25, 0.3) is 0 Å². The fourth-order valence-electron chi connectivity index (χ4n) is 9.24. The van der Waals surface area contributed by atoms with Gasteiger partial charge in [-0.2, -0.15) is 0 Å². The number of hydrogen-bond donors (Lipinski definition) is 3. The number of aliphatic hydroxyl groups is 2. The fraction of sp³-hybridized carbons (Fsp3) is 0.810. The van der Waals surface area contributed by atoms with Gasteiger partial charge in [0.1, 0.15) is 18.8 Å². The molecular weight excluding hydrogens is 949 g/mol. The summed E-state index contributed by atoms with van der Waals surface area (Å²) >= 11 is 0. The molecule has 0 saturated carbocycles. The topological polar surface area (TPSA) is 175 Å². The van der Waals surface area contributed by atoms with Crippen molar-refractivity contribution in [1.82, 2.24) is 0 Å². The van der Waals surface area contributed by atoms with Crippen LogP contribution in [-0.4, -0.2) is 89.2 Å². The predicted octanol–water partition coefficient (Wildman–Crippen LogP) is 15.8. The van der Waals surface area contributed by atoms with E-state index in [-0.39, 0.29) is 25.9 Å². The molecule has 12 heteroatoms. The molecule has 434 valence electrons. The van der Waals surface area contributed by atoms with Crippen LogP contribution in [0, 0.1) is 0 Å². The summed E-state index contributed by atoms with van der Waals surface area (Å²) in [6.45, 7) is 5.86. The lowest BCUT2D eigenvalue weighted by Crippen LogP contribution is -2.61. The first-order chi connectivity index (χ1) is 36.6. The monoisotopic (exact) mass is 1060 g/mol.